The summed E-state index contributed by atoms with van der Waals surface area (Å²) >= 11 is 1.81. The van der Waals surface area contributed by atoms with E-state index in [4.69, 9.17) is 0 Å². The summed E-state index contributed by atoms with van der Waals surface area (Å²) in [7, 11) is 0. The highest BCUT2D eigenvalue weighted by Gasteiger charge is 2.38. The molecule has 1 aromatic heterocycles. The van der Waals surface area contributed by atoms with Gasteiger partial charge in [0.2, 0.25) is 5.91 Å². The largest absolute Gasteiger partial charge is 0.351 e. The van der Waals surface area contributed by atoms with Crippen LogP contribution in [0.25, 0.3) is 0 Å². The third-order valence-electron chi connectivity index (χ3n) is 4.26. The van der Waals surface area contributed by atoms with E-state index in [9.17, 15) is 4.79 Å². The molecule has 3 nitrogen and oxygen atoms in total. The fourth-order valence-corrected chi connectivity index (χ4v) is 3.93. The topological polar surface area (TPSA) is 41.1 Å². The summed E-state index contributed by atoms with van der Waals surface area (Å²) in [4.78, 5) is 15.3. The second-order valence-electron chi connectivity index (χ2n) is 5.68. The van der Waals surface area contributed by atoms with Gasteiger partial charge in [0.05, 0.1) is 12.0 Å². The van der Waals surface area contributed by atoms with Crippen LogP contribution in [0, 0.1) is 5.41 Å². The zero-order chi connectivity index (χ0) is 14.4. The van der Waals surface area contributed by atoms with E-state index in [1.54, 1.807) is 11.3 Å². The summed E-state index contributed by atoms with van der Waals surface area (Å²) in [5.74, 6) is 0.257. The molecule has 0 radical (unpaired) electrons. The summed E-state index contributed by atoms with van der Waals surface area (Å²) in [5, 5.41) is 6.54. The molecule has 0 aliphatic carbocycles. The number of nitrogens with one attached hydrogen (secondary N) is 2. The van der Waals surface area contributed by atoms with Crippen molar-refractivity contribution < 1.29 is 4.79 Å². The molecule has 0 saturated carbocycles. The predicted molar refractivity (Wildman–Crippen MR) is 85.0 cm³/mol. The molecule has 0 spiro atoms. The Labute approximate surface area is 126 Å². The van der Waals surface area contributed by atoms with Crippen molar-refractivity contribution in [3.63, 3.8) is 0 Å². The van der Waals surface area contributed by atoms with E-state index in [0.29, 0.717) is 6.54 Å². The van der Waals surface area contributed by atoms with Crippen LogP contribution in [0.4, 0.5) is 0 Å². The first kappa shape index (κ1) is 15.5. The van der Waals surface area contributed by atoms with Gasteiger partial charge < -0.3 is 10.6 Å². The van der Waals surface area contributed by atoms with Crippen LogP contribution in [0.5, 0.6) is 0 Å². The second-order valence-corrected chi connectivity index (χ2v) is 6.94. The van der Waals surface area contributed by atoms with Crippen molar-refractivity contribution >= 4 is 17.2 Å². The van der Waals surface area contributed by atoms with Gasteiger partial charge >= 0.3 is 0 Å². The van der Waals surface area contributed by atoms with E-state index in [0.717, 1.165) is 45.2 Å². The van der Waals surface area contributed by atoms with Crippen LogP contribution in [0.1, 0.15) is 49.3 Å². The fourth-order valence-electron chi connectivity index (χ4n) is 3.04. The number of hydrogen-bond donors (Lipinski definition) is 2. The second kappa shape index (κ2) is 7.23. The molecule has 1 aromatic rings. The van der Waals surface area contributed by atoms with Gasteiger partial charge in [0.15, 0.2) is 0 Å². The van der Waals surface area contributed by atoms with E-state index in [-0.39, 0.29) is 11.3 Å². The maximum Gasteiger partial charge on any atom is 0.226 e. The van der Waals surface area contributed by atoms with E-state index in [1.807, 2.05) is 0 Å². The Kier molecular flexibility index (Phi) is 5.61. The average molecular weight is 294 g/mol. The Hall–Kier alpha value is -0.870. The van der Waals surface area contributed by atoms with Crippen molar-refractivity contribution in [3.8, 4) is 0 Å². The van der Waals surface area contributed by atoms with E-state index in [2.05, 4.69) is 36.6 Å². The number of aryl methyl sites for hydroxylation is 1. The molecule has 1 amide bonds. The molecule has 0 bridgehead atoms. The van der Waals surface area contributed by atoms with Gasteiger partial charge in [-0.1, -0.05) is 20.3 Å². The normalized spacial score (nSPS) is 17.9. The standard InChI is InChI=1S/C16H26N2OS/c1-3-7-16(8-10-17-11-9-16)15(19)18-12-14-6-5-13(4-2)20-14/h5-6,17H,3-4,7-12H2,1-2H3,(H,18,19). The number of carbonyl (C=O) groups is 1. The van der Waals surface area contributed by atoms with Gasteiger partial charge in [-0.3, -0.25) is 4.79 Å². The van der Waals surface area contributed by atoms with Crippen molar-refractivity contribution in [2.45, 2.75) is 52.5 Å². The van der Waals surface area contributed by atoms with Crippen LogP contribution in [0.2, 0.25) is 0 Å². The SMILES string of the molecule is CCCC1(C(=O)NCc2ccc(CC)s2)CCNCC1. The third kappa shape index (κ3) is 3.61. The van der Waals surface area contributed by atoms with Crippen LogP contribution in [0.3, 0.4) is 0 Å². The summed E-state index contributed by atoms with van der Waals surface area (Å²) in [6, 6.07) is 4.30. The molecule has 1 fully saturated rings. The zero-order valence-corrected chi connectivity index (χ0v) is 13.4. The third-order valence-corrected chi connectivity index (χ3v) is 5.49. The minimum absolute atomic E-state index is 0.134. The highest BCUT2D eigenvalue weighted by atomic mass is 32.1. The van der Waals surface area contributed by atoms with Gasteiger partial charge in [0, 0.05) is 9.75 Å². The van der Waals surface area contributed by atoms with Gasteiger partial charge in [-0.05, 0) is 50.9 Å². The molecule has 4 heteroatoms. The van der Waals surface area contributed by atoms with Gasteiger partial charge in [-0.2, -0.15) is 0 Å². The van der Waals surface area contributed by atoms with Crippen LogP contribution >= 0.6 is 11.3 Å². The number of carbonyl (C=O) groups excluding carboxylic acids is 1. The van der Waals surface area contributed by atoms with Crippen LogP contribution in [-0.4, -0.2) is 19.0 Å². The molecule has 2 rings (SSSR count). The lowest BCUT2D eigenvalue weighted by molar-refractivity contribution is -0.133. The van der Waals surface area contributed by atoms with Crippen molar-refractivity contribution in [2.75, 3.05) is 13.1 Å². The minimum atomic E-state index is -0.134. The number of amides is 1. The van der Waals surface area contributed by atoms with Crippen molar-refractivity contribution in [2.24, 2.45) is 5.41 Å². The van der Waals surface area contributed by atoms with Gasteiger partial charge in [-0.25, -0.2) is 0 Å². The Morgan fingerprint density at radius 2 is 2.00 bits per heavy atom. The summed E-state index contributed by atoms with van der Waals surface area (Å²) in [6.45, 7) is 6.95. The van der Waals surface area contributed by atoms with Crippen LogP contribution < -0.4 is 10.6 Å². The van der Waals surface area contributed by atoms with Gasteiger partial charge in [0.1, 0.15) is 0 Å². The van der Waals surface area contributed by atoms with E-state index < -0.39 is 0 Å². The quantitative estimate of drug-likeness (QED) is 0.846. The maximum absolute atomic E-state index is 12.6. The molecular formula is C16H26N2OS. The molecule has 1 saturated heterocycles. The first-order valence-electron chi connectivity index (χ1n) is 7.77. The Bertz CT molecular complexity index is 430. The van der Waals surface area contributed by atoms with Crippen molar-refractivity contribution in [1.29, 1.82) is 0 Å². The van der Waals surface area contributed by atoms with Crippen LogP contribution in [0.15, 0.2) is 12.1 Å². The predicted octanol–water partition coefficient (Wildman–Crippen LogP) is 3.10. The molecule has 0 atom stereocenters. The zero-order valence-electron chi connectivity index (χ0n) is 12.6. The lowest BCUT2D eigenvalue weighted by Gasteiger charge is -2.36. The Morgan fingerprint density at radius 3 is 2.60 bits per heavy atom. The Morgan fingerprint density at radius 1 is 1.30 bits per heavy atom. The monoisotopic (exact) mass is 294 g/mol. The first-order valence-corrected chi connectivity index (χ1v) is 8.58. The number of thiophene rings is 1. The van der Waals surface area contributed by atoms with Gasteiger partial charge in [0.25, 0.3) is 0 Å². The van der Waals surface area contributed by atoms with Crippen molar-refractivity contribution in [3.05, 3.63) is 21.9 Å². The number of rotatable bonds is 6. The summed E-state index contributed by atoms with van der Waals surface area (Å²) in [6.07, 6.45) is 5.09. The highest BCUT2D eigenvalue weighted by Crippen LogP contribution is 2.34. The van der Waals surface area contributed by atoms with Crippen LogP contribution in [-0.2, 0) is 17.8 Å². The lowest BCUT2D eigenvalue weighted by Crippen LogP contribution is -2.47. The smallest absolute Gasteiger partial charge is 0.226 e. The first-order chi connectivity index (χ1) is 9.70. The Balaban J connectivity index is 1.94. The molecule has 112 valence electrons. The maximum atomic E-state index is 12.6. The lowest BCUT2D eigenvalue weighted by atomic mass is 9.74. The van der Waals surface area contributed by atoms with E-state index in [1.165, 1.54) is 9.75 Å². The number of hydrogen-bond acceptors (Lipinski definition) is 3. The molecule has 0 unspecified atom stereocenters. The molecule has 2 N–H and O–H groups in total. The molecule has 0 aromatic carbocycles. The molecule has 1 aliphatic heterocycles. The molecule has 20 heavy (non-hydrogen) atoms. The minimum Gasteiger partial charge on any atom is -0.351 e. The van der Waals surface area contributed by atoms with E-state index >= 15 is 0 Å². The van der Waals surface area contributed by atoms with Crippen molar-refractivity contribution in [1.82, 2.24) is 10.6 Å². The fraction of sp³-hybridized carbons (Fsp3) is 0.688. The molecule has 2 heterocycles. The summed E-state index contributed by atoms with van der Waals surface area (Å²) in [5.41, 5.74) is -0.134. The van der Waals surface area contributed by atoms with Gasteiger partial charge in [-0.15, -0.1) is 11.3 Å². The number of piperidine rings is 1. The average Bonchev–Trinajstić information content (AvgIpc) is 2.94. The summed E-state index contributed by atoms with van der Waals surface area (Å²) < 4.78 is 0. The molecule has 1 aliphatic rings. The highest BCUT2D eigenvalue weighted by molar-refractivity contribution is 7.11. The molecular weight excluding hydrogens is 268 g/mol.